The van der Waals surface area contributed by atoms with Crippen LogP contribution in [0, 0.1) is 0 Å². The Labute approximate surface area is 139 Å². The summed E-state index contributed by atoms with van der Waals surface area (Å²) in [7, 11) is -3.96. The fourth-order valence-corrected chi connectivity index (χ4v) is 3.20. The highest BCUT2D eigenvalue weighted by Gasteiger charge is 2.21. The predicted molar refractivity (Wildman–Crippen MR) is 92.4 cm³/mol. The maximum atomic E-state index is 12.6. The fraction of sp³-hybridized carbons (Fsp3) is 0.0625. The minimum atomic E-state index is -3.96. The van der Waals surface area contributed by atoms with Crippen LogP contribution in [0.3, 0.4) is 0 Å². The Hall–Kier alpha value is -3.00. The summed E-state index contributed by atoms with van der Waals surface area (Å²) >= 11 is 0. The lowest BCUT2D eigenvalue weighted by atomic mass is 10.2. The molecule has 0 amide bonds. The quantitative estimate of drug-likeness (QED) is 0.782. The molecule has 0 aliphatic heterocycles. The summed E-state index contributed by atoms with van der Waals surface area (Å²) in [6.45, 7) is 5.20. The second-order valence-electron chi connectivity index (χ2n) is 4.72. The van der Waals surface area contributed by atoms with Crippen molar-refractivity contribution in [1.82, 2.24) is 4.98 Å². The highest BCUT2D eigenvalue weighted by Crippen LogP contribution is 2.29. The molecule has 1 heterocycles. The highest BCUT2D eigenvalue weighted by atomic mass is 32.2. The third kappa shape index (κ3) is 3.66. The molecule has 0 aliphatic rings. The van der Waals surface area contributed by atoms with E-state index in [2.05, 4.69) is 21.4 Å². The number of aromatic carboxylic acids is 1. The molecule has 0 fully saturated rings. The number of nitrogens with zero attached hydrogens (tertiary/aromatic N) is 2. The lowest BCUT2D eigenvalue weighted by molar-refractivity contribution is 0.0697. The number of allylic oxidation sites excluding steroid dienone is 1. The van der Waals surface area contributed by atoms with E-state index in [0.717, 1.165) is 0 Å². The van der Waals surface area contributed by atoms with Gasteiger partial charge in [0.1, 0.15) is 4.90 Å². The first-order valence-corrected chi connectivity index (χ1v) is 8.31. The average molecular weight is 345 g/mol. The summed E-state index contributed by atoms with van der Waals surface area (Å²) in [6, 6.07) is 5.35. The number of hydrogen-bond donors (Lipinski definition) is 2. The molecule has 0 radical (unpaired) electrons. The maximum Gasteiger partial charge on any atom is 0.335 e. The number of aromatic nitrogens is 1. The summed E-state index contributed by atoms with van der Waals surface area (Å²) in [5, 5.41) is 8.86. The van der Waals surface area contributed by atoms with Crippen LogP contribution in [0.25, 0.3) is 6.08 Å². The number of carbonyl (C=O) groups is 1. The van der Waals surface area contributed by atoms with Crippen LogP contribution in [0.2, 0.25) is 0 Å². The largest absolute Gasteiger partial charge is 0.478 e. The standard InChI is InChI=1S/C16H15N3O4S/c1-3-4-12-9-18-10-14(15(12)17-2)24(22,23)19-13-7-5-11(6-8-13)16(20)21/h3-10,19H,2H2,1H3,(H,20,21)/b4-3-. The van der Waals surface area contributed by atoms with Crippen molar-refractivity contribution in [2.45, 2.75) is 11.8 Å². The summed E-state index contributed by atoms with van der Waals surface area (Å²) < 4.78 is 27.5. The molecule has 0 saturated heterocycles. The van der Waals surface area contributed by atoms with Gasteiger partial charge in [0.2, 0.25) is 0 Å². The number of pyridine rings is 1. The van der Waals surface area contributed by atoms with Crippen molar-refractivity contribution in [2.75, 3.05) is 4.72 Å². The van der Waals surface area contributed by atoms with E-state index >= 15 is 0 Å². The van der Waals surface area contributed by atoms with Gasteiger partial charge in [-0.2, -0.15) is 0 Å². The zero-order chi connectivity index (χ0) is 17.7. The van der Waals surface area contributed by atoms with Gasteiger partial charge in [-0.1, -0.05) is 12.2 Å². The van der Waals surface area contributed by atoms with E-state index in [1.54, 1.807) is 19.1 Å². The molecule has 0 saturated carbocycles. The van der Waals surface area contributed by atoms with Crippen LogP contribution in [0.4, 0.5) is 11.4 Å². The number of carboxylic acid groups (broad SMARTS) is 1. The second kappa shape index (κ2) is 7.05. The number of nitrogens with one attached hydrogen (secondary N) is 1. The summed E-state index contributed by atoms with van der Waals surface area (Å²) in [4.78, 5) is 18.4. The topological polar surface area (TPSA) is 109 Å². The number of sulfonamides is 1. The van der Waals surface area contributed by atoms with Gasteiger partial charge in [-0.3, -0.25) is 14.7 Å². The molecule has 24 heavy (non-hydrogen) atoms. The lowest BCUT2D eigenvalue weighted by Gasteiger charge is -2.11. The van der Waals surface area contributed by atoms with Crippen LogP contribution in [0.15, 0.2) is 52.6 Å². The molecule has 8 heteroatoms. The molecule has 0 unspecified atom stereocenters. The fourth-order valence-electron chi connectivity index (χ4n) is 2.01. The molecule has 0 aliphatic carbocycles. The van der Waals surface area contributed by atoms with Gasteiger partial charge in [-0.05, 0) is 37.9 Å². The molecular weight excluding hydrogens is 330 g/mol. The third-order valence-corrected chi connectivity index (χ3v) is 4.47. The average Bonchev–Trinajstić information content (AvgIpc) is 2.55. The number of aliphatic imine (C=N–C) groups is 1. The molecule has 2 N–H and O–H groups in total. The Balaban J connectivity index is 2.42. The van der Waals surface area contributed by atoms with Crippen LogP contribution in [0.1, 0.15) is 22.8 Å². The van der Waals surface area contributed by atoms with E-state index in [-0.39, 0.29) is 21.8 Å². The van der Waals surface area contributed by atoms with Crippen molar-refractivity contribution in [3.63, 3.8) is 0 Å². The Morgan fingerprint density at radius 1 is 1.29 bits per heavy atom. The third-order valence-electron chi connectivity index (χ3n) is 3.09. The summed E-state index contributed by atoms with van der Waals surface area (Å²) in [5.74, 6) is -1.09. The second-order valence-corrected chi connectivity index (χ2v) is 6.37. The number of benzene rings is 1. The minimum Gasteiger partial charge on any atom is -0.478 e. The molecule has 0 atom stereocenters. The summed E-state index contributed by atoms with van der Waals surface area (Å²) in [5.41, 5.74) is 1.00. The first-order chi connectivity index (χ1) is 11.4. The molecule has 124 valence electrons. The Kier molecular flexibility index (Phi) is 5.10. The first kappa shape index (κ1) is 17.4. The van der Waals surface area contributed by atoms with Crippen molar-refractivity contribution < 1.29 is 18.3 Å². The van der Waals surface area contributed by atoms with E-state index < -0.39 is 16.0 Å². The smallest absolute Gasteiger partial charge is 0.335 e. The normalized spacial score (nSPS) is 11.4. The van der Waals surface area contributed by atoms with Crippen LogP contribution < -0.4 is 4.72 Å². The van der Waals surface area contributed by atoms with E-state index in [1.165, 1.54) is 36.7 Å². The molecule has 0 bridgehead atoms. The van der Waals surface area contributed by atoms with E-state index in [1.807, 2.05) is 0 Å². The Morgan fingerprint density at radius 3 is 2.50 bits per heavy atom. The number of anilines is 1. The zero-order valence-electron chi connectivity index (χ0n) is 12.8. The van der Waals surface area contributed by atoms with Crippen LogP contribution in [-0.2, 0) is 10.0 Å². The SMILES string of the molecule is C=Nc1c(/C=C\C)cncc1S(=O)(=O)Nc1ccc(C(=O)O)cc1. The molecule has 7 nitrogen and oxygen atoms in total. The predicted octanol–water partition coefficient (Wildman–Crippen LogP) is 2.95. The van der Waals surface area contributed by atoms with Gasteiger partial charge in [0.25, 0.3) is 10.0 Å². The molecule has 1 aromatic carbocycles. The van der Waals surface area contributed by atoms with Crippen LogP contribution >= 0.6 is 0 Å². The van der Waals surface area contributed by atoms with Crippen molar-refractivity contribution in [1.29, 1.82) is 0 Å². The van der Waals surface area contributed by atoms with Crippen LogP contribution in [-0.4, -0.2) is 31.2 Å². The van der Waals surface area contributed by atoms with Gasteiger partial charge in [0.05, 0.1) is 11.3 Å². The van der Waals surface area contributed by atoms with Crippen molar-refractivity contribution in [3.8, 4) is 0 Å². The number of carboxylic acids is 1. The van der Waals surface area contributed by atoms with Gasteiger partial charge >= 0.3 is 5.97 Å². The van der Waals surface area contributed by atoms with Crippen molar-refractivity contribution >= 4 is 40.2 Å². The number of hydrogen-bond acceptors (Lipinski definition) is 5. The first-order valence-electron chi connectivity index (χ1n) is 6.82. The molecule has 0 spiro atoms. The van der Waals surface area contributed by atoms with Gasteiger partial charge in [0, 0.05) is 23.6 Å². The van der Waals surface area contributed by atoms with Crippen molar-refractivity contribution in [3.05, 3.63) is 53.9 Å². The van der Waals surface area contributed by atoms with Gasteiger partial charge in [-0.25, -0.2) is 13.2 Å². The summed E-state index contributed by atoms with van der Waals surface area (Å²) in [6.07, 6.45) is 6.09. The Morgan fingerprint density at radius 2 is 1.96 bits per heavy atom. The maximum absolute atomic E-state index is 12.6. The zero-order valence-corrected chi connectivity index (χ0v) is 13.6. The van der Waals surface area contributed by atoms with Crippen LogP contribution in [0.5, 0.6) is 0 Å². The van der Waals surface area contributed by atoms with Gasteiger partial charge in [-0.15, -0.1) is 0 Å². The molecule has 2 aromatic rings. The monoisotopic (exact) mass is 345 g/mol. The van der Waals surface area contributed by atoms with Crippen molar-refractivity contribution in [2.24, 2.45) is 4.99 Å². The molecular formula is C16H15N3O4S. The molecule has 2 rings (SSSR count). The van der Waals surface area contributed by atoms with E-state index in [0.29, 0.717) is 5.56 Å². The van der Waals surface area contributed by atoms with E-state index in [9.17, 15) is 13.2 Å². The molecule has 1 aromatic heterocycles. The number of rotatable bonds is 6. The van der Waals surface area contributed by atoms with Gasteiger partial charge in [0.15, 0.2) is 0 Å². The lowest BCUT2D eigenvalue weighted by Crippen LogP contribution is -2.14. The minimum absolute atomic E-state index is 0.0585. The Bertz CT molecular complexity index is 903. The highest BCUT2D eigenvalue weighted by molar-refractivity contribution is 7.92. The van der Waals surface area contributed by atoms with E-state index in [4.69, 9.17) is 5.11 Å². The van der Waals surface area contributed by atoms with Gasteiger partial charge < -0.3 is 5.11 Å².